The standard InChI is InChI=1S/C14H19Cl2N3/c1-3-18(2)8-9-19-13-10-11(16)4-5-12(13)17-14(19)6-7-15/h4-5,10H,3,6-9H2,1-2H3. The molecule has 19 heavy (non-hydrogen) atoms. The number of aryl methyl sites for hydroxylation is 1. The van der Waals surface area contributed by atoms with Gasteiger partial charge in [0.15, 0.2) is 0 Å². The van der Waals surface area contributed by atoms with Crippen LogP contribution in [0.15, 0.2) is 18.2 Å². The second-order valence-corrected chi connectivity index (χ2v) is 5.46. The van der Waals surface area contributed by atoms with Gasteiger partial charge < -0.3 is 9.47 Å². The van der Waals surface area contributed by atoms with Crippen molar-refractivity contribution in [3.63, 3.8) is 0 Å². The van der Waals surface area contributed by atoms with Gasteiger partial charge in [-0.1, -0.05) is 18.5 Å². The number of imidazole rings is 1. The second kappa shape index (κ2) is 6.60. The molecule has 2 aromatic rings. The predicted octanol–water partition coefficient (Wildman–Crippen LogP) is 3.42. The molecule has 0 atom stereocenters. The van der Waals surface area contributed by atoms with Gasteiger partial charge in [-0.05, 0) is 31.8 Å². The summed E-state index contributed by atoms with van der Waals surface area (Å²) in [4.78, 5) is 6.93. The van der Waals surface area contributed by atoms with E-state index in [0.717, 1.165) is 47.9 Å². The van der Waals surface area contributed by atoms with Crippen molar-refractivity contribution in [2.75, 3.05) is 26.0 Å². The zero-order valence-corrected chi connectivity index (χ0v) is 12.9. The van der Waals surface area contributed by atoms with Crippen LogP contribution in [0.25, 0.3) is 11.0 Å². The first kappa shape index (κ1) is 14.6. The molecule has 0 aliphatic rings. The highest BCUT2D eigenvalue weighted by atomic mass is 35.5. The Hall–Kier alpha value is -0.770. The van der Waals surface area contributed by atoms with Crippen molar-refractivity contribution in [2.45, 2.75) is 19.9 Å². The van der Waals surface area contributed by atoms with Crippen molar-refractivity contribution >= 4 is 34.2 Å². The molecule has 0 unspecified atom stereocenters. The quantitative estimate of drug-likeness (QED) is 0.762. The van der Waals surface area contributed by atoms with E-state index in [1.165, 1.54) is 0 Å². The first-order valence-electron chi connectivity index (χ1n) is 6.55. The highest BCUT2D eigenvalue weighted by molar-refractivity contribution is 6.31. The SMILES string of the molecule is CCN(C)CCn1c(CCCl)nc2ccc(Cl)cc21. The fourth-order valence-electron chi connectivity index (χ4n) is 2.10. The van der Waals surface area contributed by atoms with E-state index in [1.807, 2.05) is 18.2 Å². The molecule has 0 fully saturated rings. The number of nitrogens with zero attached hydrogens (tertiary/aromatic N) is 3. The summed E-state index contributed by atoms with van der Waals surface area (Å²) in [6.07, 6.45) is 0.781. The van der Waals surface area contributed by atoms with Crippen LogP contribution in [0.1, 0.15) is 12.7 Å². The Morgan fingerprint density at radius 1 is 1.37 bits per heavy atom. The van der Waals surface area contributed by atoms with Crippen LogP contribution in [0.5, 0.6) is 0 Å². The van der Waals surface area contributed by atoms with Crippen molar-refractivity contribution in [3.05, 3.63) is 29.0 Å². The molecule has 5 heteroatoms. The molecule has 0 radical (unpaired) electrons. The monoisotopic (exact) mass is 299 g/mol. The van der Waals surface area contributed by atoms with Gasteiger partial charge in [0.05, 0.1) is 11.0 Å². The molecule has 0 N–H and O–H groups in total. The third kappa shape index (κ3) is 3.41. The van der Waals surface area contributed by atoms with Gasteiger partial charge in [-0.25, -0.2) is 4.98 Å². The van der Waals surface area contributed by atoms with Crippen molar-refractivity contribution in [1.29, 1.82) is 0 Å². The molecule has 0 spiro atoms. The number of benzene rings is 1. The van der Waals surface area contributed by atoms with Crippen LogP contribution in [0.2, 0.25) is 5.02 Å². The molecule has 1 heterocycles. The second-order valence-electron chi connectivity index (χ2n) is 4.65. The number of hydrogen-bond acceptors (Lipinski definition) is 2. The number of halogens is 2. The van der Waals surface area contributed by atoms with Crippen molar-refractivity contribution in [2.24, 2.45) is 0 Å². The smallest absolute Gasteiger partial charge is 0.111 e. The summed E-state index contributed by atoms with van der Waals surface area (Å²) in [7, 11) is 2.12. The van der Waals surface area contributed by atoms with Gasteiger partial charge in [-0.15, -0.1) is 11.6 Å². The number of hydrogen-bond donors (Lipinski definition) is 0. The maximum Gasteiger partial charge on any atom is 0.111 e. The van der Waals surface area contributed by atoms with E-state index in [2.05, 4.69) is 28.4 Å². The van der Waals surface area contributed by atoms with E-state index < -0.39 is 0 Å². The molecule has 2 rings (SSSR count). The summed E-state index contributed by atoms with van der Waals surface area (Å²) in [6, 6.07) is 5.83. The molecule has 0 amide bonds. The maximum absolute atomic E-state index is 6.09. The van der Waals surface area contributed by atoms with Gasteiger partial charge in [-0.3, -0.25) is 0 Å². The van der Waals surface area contributed by atoms with Crippen LogP contribution < -0.4 is 0 Å². The fourth-order valence-corrected chi connectivity index (χ4v) is 2.43. The topological polar surface area (TPSA) is 21.1 Å². The summed E-state index contributed by atoms with van der Waals surface area (Å²) in [5.41, 5.74) is 2.08. The highest BCUT2D eigenvalue weighted by Gasteiger charge is 2.11. The lowest BCUT2D eigenvalue weighted by atomic mass is 10.3. The van der Waals surface area contributed by atoms with Crippen LogP contribution in [-0.2, 0) is 13.0 Å². The molecule has 0 aliphatic carbocycles. The Bertz CT molecular complexity index is 551. The lowest BCUT2D eigenvalue weighted by molar-refractivity contribution is 0.335. The van der Waals surface area contributed by atoms with Gasteiger partial charge in [-0.2, -0.15) is 0 Å². The summed E-state index contributed by atoms with van der Waals surface area (Å²) in [6.45, 7) is 5.10. The zero-order chi connectivity index (χ0) is 13.8. The number of likely N-dealkylation sites (N-methyl/N-ethyl adjacent to an activating group) is 1. The van der Waals surface area contributed by atoms with Crippen LogP contribution in [-0.4, -0.2) is 40.5 Å². The molecule has 104 valence electrons. The number of fused-ring (bicyclic) bond motifs is 1. The van der Waals surface area contributed by atoms with Crippen LogP contribution >= 0.6 is 23.2 Å². The van der Waals surface area contributed by atoms with E-state index in [1.54, 1.807) is 0 Å². The number of aromatic nitrogens is 2. The minimum absolute atomic E-state index is 0.584. The van der Waals surface area contributed by atoms with E-state index in [9.17, 15) is 0 Å². The average Bonchev–Trinajstić information content (AvgIpc) is 2.73. The fraction of sp³-hybridized carbons (Fsp3) is 0.500. The highest BCUT2D eigenvalue weighted by Crippen LogP contribution is 2.21. The number of alkyl halides is 1. The first-order valence-corrected chi connectivity index (χ1v) is 7.46. The van der Waals surface area contributed by atoms with Crippen LogP contribution in [0.4, 0.5) is 0 Å². The third-order valence-electron chi connectivity index (χ3n) is 3.35. The maximum atomic E-state index is 6.09. The molecule has 3 nitrogen and oxygen atoms in total. The lowest BCUT2D eigenvalue weighted by Crippen LogP contribution is -2.23. The molecular formula is C14H19Cl2N3. The normalized spacial score (nSPS) is 11.6. The average molecular weight is 300 g/mol. The van der Waals surface area contributed by atoms with Gasteiger partial charge in [0.1, 0.15) is 5.82 Å². The van der Waals surface area contributed by atoms with Crippen LogP contribution in [0.3, 0.4) is 0 Å². The summed E-state index contributed by atoms with van der Waals surface area (Å²) in [5.74, 6) is 1.62. The largest absolute Gasteiger partial charge is 0.327 e. The Balaban J connectivity index is 2.36. The van der Waals surface area contributed by atoms with Crippen molar-refractivity contribution < 1.29 is 0 Å². The minimum atomic E-state index is 0.584. The van der Waals surface area contributed by atoms with E-state index in [4.69, 9.17) is 23.2 Å². The molecular weight excluding hydrogens is 281 g/mol. The molecule has 0 bridgehead atoms. The Morgan fingerprint density at radius 2 is 2.16 bits per heavy atom. The van der Waals surface area contributed by atoms with Crippen molar-refractivity contribution in [3.8, 4) is 0 Å². The summed E-state index contributed by atoms with van der Waals surface area (Å²) < 4.78 is 2.23. The van der Waals surface area contributed by atoms with Gasteiger partial charge in [0.25, 0.3) is 0 Å². The molecule has 0 saturated carbocycles. The summed E-state index contributed by atoms with van der Waals surface area (Å²) >= 11 is 12.0. The molecule has 0 aliphatic heterocycles. The predicted molar refractivity (Wildman–Crippen MR) is 82.3 cm³/mol. The Labute approximate surface area is 124 Å². The molecule has 0 saturated heterocycles. The van der Waals surface area contributed by atoms with Crippen LogP contribution in [0, 0.1) is 0 Å². The summed E-state index contributed by atoms with van der Waals surface area (Å²) in [5, 5.41) is 0.745. The molecule has 1 aromatic heterocycles. The van der Waals surface area contributed by atoms with E-state index in [0.29, 0.717) is 5.88 Å². The van der Waals surface area contributed by atoms with Gasteiger partial charge in [0, 0.05) is 30.4 Å². The zero-order valence-electron chi connectivity index (χ0n) is 11.4. The van der Waals surface area contributed by atoms with E-state index in [-0.39, 0.29) is 0 Å². The van der Waals surface area contributed by atoms with Crippen molar-refractivity contribution in [1.82, 2.24) is 14.5 Å². The minimum Gasteiger partial charge on any atom is -0.327 e. The third-order valence-corrected chi connectivity index (χ3v) is 3.78. The van der Waals surface area contributed by atoms with Gasteiger partial charge in [0.2, 0.25) is 0 Å². The lowest BCUT2D eigenvalue weighted by Gasteiger charge is -2.16. The Kier molecular flexibility index (Phi) is 5.08. The van der Waals surface area contributed by atoms with Gasteiger partial charge >= 0.3 is 0 Å². The Morgan fingerprint density at radius 3 is 2.84 bits per heavy atom. The molecule has 1 aromatic carbocycles. The van der Waals surface area contributed by atoms with E-state index >= 15 is 0 Å². The first-order chi connectivity index (χ1) is 9.15. The number of rotatable bonds is 6.